The van der Waals surface area contributed by atoms with E-state index in [0.29, 0.717) is 21.8 Å². The number of hydrogen-bond acceptors (Lipinski definition) is 6. The Bertz CT molecular complexity index is 1080. The quantitative estimate of drug-likeness (QED) is 0.447. The van der Waals surface area contributed by atoms with Crippen LogP contribution in [-0.2, 0) is 10.5 Å². The second-order valence-electron chi connectivity index (χ2n) is 5.76. The minimum Gasteiger partial charge on any atom is -0.462 e. The number of rotatable bonds is 6. The topological polar surface area (TPSA) is 80.8 Å². The number of ether oxygens (including phenoxy) is 1. The molecule has 0 aliphatic rings. The van der Waals surface area contributed by atoms with Gasteiger partial charge in [0.1, 0.15) is 16.9 Å². The van der Waals surface area contributed by atoms with Crippen LogP contribution in [0.4, 0.5) is 8.78 Å². The highest BCUT2D eigenvalue weighted by atomic mass is 32.2. The minimum absolute atomic E-state index is 0.0961. The average molecular weight is 402 g/mol. The smallest absolute Gasteiger partial charge is 0.340 e. The summed E-state index contributed by atoms with van der Waals surface area (Å²) in [4.78, 5) is 20.5. The summed E-state index contributed by atoms with van der Waals surface area (Å²) in [6.07, 6.45) is 0. The number of carbonyl (C=O) groups is 1. The predicted octanol–water partition coefficient (Wildman–Crippen LogP) is 4.48. The number of aromatic nitrogens is 3. The fourth-order valence-corrected chi connectivity index (χ4v) is 3.67. The van der Waals surface area contributed by atoms with Crippen LogP contribution in [0.3, 0.4) is 0 Å². The Labute approximate surface area is 164 Å². The van der Waals surface area contributed by atoms with Crippen molar-refractivity contribution in [2.45, 2.75) is 31.2 Å². The molecule has 0 radical (unpaired) electrons. The largest absolute Gasteiger partial charge is 0.462 e. The van der Waals surface area contributed by atoms with Gasteiger partial charge in [0.15, 0.2) is 0 Å². The van der Waals surface area contributed by atoms with E-state index in [1.54, 1.807) is 38.1 Å². The maximum Gasteiger partial charge on any atom is 0.340 e. The maximum absolute atomic E-state index is 13.5. The number of para-hydroxylation sites is 2. The van der Waals surface area contributed by atoms with E-state index in [4.69, 9.17) is 4.74 Å². The third-order valence-electron chi connectivity index (χ3n) is 4.00. The Hall–Kier alpha value is -2.99. The number of pyridine rings is 1. The molecule has 0 unspecified atom stereocenters. The average Bonchev–Trinajstić information content (AvgIpc) is 3.05. The monoisotopic (exact) mass is 402 g/mol. The number of nitrogens with zero attached hydrogens (tertiary/aromatic N) is 4. The molecule has 144 valence electrons. The number of carbonyl (C=O) groups excluding carboxylic acids is 1. The van der Waals surface area contributed by atoms with Crippen LogP contribution < -0.4 is 0 Å². The molecule has 6 nitrogen and oxygen atoms in total. The van der Waals surface area contributed by atoms with Gasteiger partial charge in [-0.05, 0) is 32.0 Å². The number of thioether (sulfide) groups is 1. The van der Waals surface area contributed by atoms with Crippen LogP contribution in [0.1, 0.15) is 40.9 Å². The van der Waals surface area contributed by atoms with Crippen molar-refractivity contribution in [3.05, 3.63) is 53.0 Å². The number of fused-ring (bicyclic) bond motifs is 1. The lowest BCUT2D eigenvalue weighted by atomic mass is 10.1. The lowest BCUT2D eigenvalue weighted by molar-refractivity contribution is 0.0524. The molecule has 1 aromatic carbocycles. The van der Waals surface area contributed by atoms with E-state index in [9.17, 15) is 18.8 Å². The molecule has 0 N–H and O–H groups in total. The van der Waals surface area contributed by atoms with Crippen LogP contribution in [0.15, 0.2) is 35.4 Å². The fraction of sp³-hybridized carbons (Fsp3) is 0.263. The Kier molecular flexibility index (Phi) is 5.90. The first-order valence-corrected chi connectivity index (χ1v) is 9.40. The molecule has 28 heavy (non-hydrogen) atoms. The Morgan fingerprint density at radius 3 is 2.79 bits per heavy atom. The van der Waals surface area contributed by atoms with Crippen molar-refractivity contribution in [2.24, 2.45) is 0 Å². The maximum atomic E-state index is 13.5. The van der Waals surface area contributed by atoms with E-state index in [2.05, 4.69) is 9.97 Å². The standard InChI is InChI=1S/C19H16F2N4O2S/c1-3-27-18(26)13-8-12(9-22)17(23-11(13)2)28-10-16-24-14-6-4-5-7-15(14)25(16)19(20)21/h4-8,19H,3,10H2,1-2H3. The highest BCUT2D eigenvalue weighted by Gasteiger charge is 2.20. The van der Waals surface area contributed by atoms with Gasteiger partial charge in [-0.3, -0.25) is 4.57 Å². The van der Waals surface area contributed by atoms with Gasteiger partial charge in [-0.2, -0.15) is 14.0 Å². The molecule has 0 saturated heterocycles. The second-order valence-corrected chi connectivity index (χ2v) is 6.72. The molecule has 0 aliphatic carbocycles. The normalized spacial score (nSPS) is 11.0. The first kappa shape index (κ1) is 19.8. The van der Waals surface area contributed by atoms with Crippen LogP contribution in [0, 0.1) is 18.3 Å². The third-order valence-corrected chi connectivity index (χ3v) is 4.98. The summed E-state index contributed by atoms with van der Waals surface area (Å²) in [5.74, 6) is -0.280. The molecule has 0 bridgehead atoms. The van der Waals surface area contributed by atoms with Gasteiger partial charge in [0.2, 0.25) is 0 Å². The summed E-state index contributed by atoms with van der Waals surface area (Å²) in [6.45, 7) is 0.789. The van der Waals surface area contributed by atoms with Gasteiger partial charge in [-0.25, -0.2) is 14.8 Å². The number of alkyl halides is 2. The molecule has 0 atom stereocenters. The zero-order chi connectivity index (χ0) is 20.3. The molecular formula is C19H16F2N4O2S. The highest BCUT2D eigenvalue weighted by molar-refractivity contribution is 7.98. The van der Waals surface area contributed by atoms with Crippen molar-refractivity contribution in [1.82, 2.24) is 14.5 Å². The molecule has 0 amide bonds. The summed E-state index contributed by atoms with van der Waals surface area (Å²) in [7, 11) is 0. The first-order chi connectivity index (χ1) is 13.5. The lowest BCUT2D eigenvalue weighted by Crippen LogP contribution is -2.09. The van der Waals surface area contributed by atoms with Crippen LogP contribution in [0.25, 0.3) is 11.0 Å². The molecular weight excluding hydrogens is 386 g/mol. The van der Waals surface area contributed by atoms with Crippen molar-refractivity contribution < 1.29 is 18.3 Å². The van der Waals surface area contributed by atoms with Crippen LogP contribution in [0.2, 0.25) is 0 Å². The zero-order valence-corrected chi connectivity index (χ0v) is 16.0. The van der Waals surface area contributed by atoms with E-state index in [1.807, 2.05) is 6.07 Å². The molecule has 2 heterocycles. The number of imidazole rings is 1. The molecule has 0 saturated carbocycles. The van der Waals surface area contributed by atoms with Gasteiger partial charge in [0.05, 0.1) is 40.2 Å². The summed E-state index contributed by atoms with van der Waals surface area (Å²) in [6, 6.07) is 10.1. The predicted molar refractivity (Wildman–Crippen MR) is 100 cm³/mol. The molecule has 0 spiro atoms. The third kappa shape index (κ3) is 3.82. The molecule has 2 aromatic heterocycles. The summed E-state index contributed by atoms with van der Waals surface area (Å²) in [5.41, 5.74) is 1.61. The number of aryl methyl sites for hydroxylation is 1. The number of nitriles is 1. The number of esters is 1. The van der Waals surface area contributed by atoms with E-state index in [1.165, 1.54) is 6.07 Å². The second kappa shape index (κ2) is 8.35. The van der Waals surface area contributed by atoms with Gasteiger partial charge in [0, 0.05) is 0 Å². The van der Waals surface area contributed by atoms with E-state index >= 15 is 0 Å². The van der Waals surface area contributed by atoms with Crippen molar-refractivity contribution in [1.29, 1.82) is 5.26 Å². The van der Waals surface area contributed by atoms with Crippen molar-refractivity contribution in [2.75, 3.05) is 6.61 Å². The number of benzene rings is 1. The lowest BCUT2D eigenvalue weighted by Gasteiger charge is -2.10. The van der Waals surface area contributed by atoms with Gasteiger partial charge in [-0.15, -0.1) is 0 Å². The summed E-state index contributed by atoms with van der Waals surface area (Å²) < 4.78 is 32.9. The van der Waals surface area contributed by atoms with Crippen LogP contribution in [0.5, 0.6) is 0 Å². The fourth-order valence-electron chi connectivity index (χ4n) is 2.74. The first-order valence-electron chi connectivity index (χ1n) is 8.41. The molecule has 0 fully saturated rings. The Morgan fingerprint density at radius 2 is 2.11 bits per heavy atom. The van der Waals surface area contributed by atoms with Gasteiger partial charge in [0.25, 0.3) is 0 Å². The molecule has 3 aromatic rings. The Morgan fingerprint density at radius 1 is 1.36 bits per heavy atom. The SMILES string of the molecule is CCOC(=O)c1cc(C#N)c(SCc2nc3ccccc3n2C(F)F)nc1C. The van der Waals surface area contributed by atoms with Gasteiger partial charge in [-0.1, -0.05) is 23.9 Å². The van der Waals surface area contributed by atoms with Gasteiger partial charge < -0.3 is 4.74 Å². The van der Waals surface area contributed by atoms with Crippen molar-refractivity contribution >= 4 is 28.8 Å². The molecule has 0 aliphatic heterocycles. The van der Waals surface area contributed by atoms with Gasteiger partial charge >= 0.3 is 12.5 Å². The van der Waals surface area contributed by atoms with E-state index in [-0.39, 0.29) is 29.3 Å². The highest BCUT2D eigenvalue weighted by Crippen LogP contribution is 2.30. The Balaban J connectivity index is 1.92. The van der Waals surface area contributed by atoms with Crippen molar-refractivity contribution in [3.8, 4) is 6.07 Å². The summed E-state index contributed by atoms with van der Waals surface area (Å²) in [5, 5.41) is 9.75. The van der Waals surface area contributed by atoms with Crippen molar-refractivity contribution in [3.63, 3.8) is 0 Å². The van der Waals surface area contributed by atoms with E-state index in [0.717, 1.165) is 16.3 Å². The number of halogens is 2. The van der Waals surface area contributed by atoms with E-state index < -0.39 is 12.5 Å². The number of hydrogen-bond donors (Lipinski definition) is 0. The summed E-state index contributed by atoms with van der Waals surface area (Å²) >= 11 is 1.12. The van der Waals surface area contributed by atoms with Crippen LogP contribution in [-0.4, -0.2) is 27.1 Å². The molecule has 9 heteroatoms. The minimum atomic E-state index is -2.74. The molecule has 3 rings (SSSR count). The van der Waals surface area contributed by atoms with Crippen LogP contribution >= 0.6 is 11.8 Å². The zero-order valence-electron chi connectivity index (χ0n) is 15.1.